The van der Waals surface area contributed by atoms with Crippen LogP contribution < -0.4 is 0 Å². The topological polar surface area (TPSA) is 63.0 Å². The minimum absolute atomic E-state index is 0.124. The lowest BCUT2D eigenvalue weighted by molar-refractivity contribution is 0.0519. The average molecular weight is 208 g/mol. The van der Waals surface area contributed by atoms with Gasteiger partial charge >= 0.3 is 5.97 Å². The van der Waals surface area contributed by atoms with Gasteiger partial charge in [-0.1, -0.05) is 0 Å². The van der Waals surface area contributed by atoms with Crippen molar-refractivity contribution in [3.63, 3.8) is 0 Å². The number of carbonyl (C=O) groups excluding carboxylic acids is 1. The smallest absolute Gasteiger partial charge is 0.356 e. The Labute approximate surface area is 86.9 Å². The normalized spacial score (nSPS) is 9.21. The minimum atomic E-state index is -0.530. The van der Waals surface area contributed by atoms with E-state index in [4.69, 9.17) is 10.00 Å². The van der Waals surface area contributed by atoms with Crippen LogP contribution in [0.5, 0.6) is 0 Å². The van der Waals surface area contributed by atoms with E-state index in [2.05, 4.69) is 17.6 Å². The van der Waals surface area contributed by atoms with Gasteiger partial charge in [0.05, 0.1) is 6.61 Å². The van der Waals surface area contributed by atoms with E-state index >= 15 is 0 Å². The van der Waals surface area contributed by atoms with Gasteiger partial charge < -0.3 is 4.74 Å². The van der Waals surface area contributed by atoms with Crippen LogP contribution in [0, 0.1) is 11.3 Å². The molecule has 0 saturated carbocycles. The second-order valence-electron chi connectivity index (χ2n) is 2.40. The van der Waals surface area contributed by atoms with Gasteiger partial charge in [-0.2, -0.15) is 5.26 Å². The molecule has 0 N–H and O–H groups in total. The molecule has 5 heteroatoms. The van der Waals surface area contributed by atoms with Gasteiger partial charge in [0.2, 0.25) is 0 Å². The van der Waals surface area contributed by atoms with Crippen molar-refractivity contribution in [3.05, 3.63) is 23.5 Å². The molecular formula is C9H8N2O2S. The second-order valence-corrected chi connectivity index (χ2v) is 2.88. The number of esters is 1. The zero-order valence-electron chi connectivity index (χ0n) is 7.52. The van der Waals surface area contributed by atoms with E-state index in [0.29, 0.717) is 4.90 Å². The Morgan fingerprint density at radius 1 is 1.71 bits per heavy atom. The second kappa shape index (κ2) is 4.63. The number of rotatable bonds is 2. The predicted molar refractivity (Wildman–Crippen MR) is 52.2 cm³/mol. The van der Waals surface area contributed by atoms with Crippen LogP contribution in [0.4, 0.5) is 0 Å². The molecule has 0 unspecified atom stereocenters. The Balaban J connectivity index is 3.02. The first kappa shape index (κ1) is 10.5. The van der Waals surface area contributed by atoms with Crippen molar-refractivity contribution < 1.29 is 9.53 Å². The molecule has 0 atom stereocenters. The van der Waals surface area contributed by atoms with Gasteiger partial charge in [0.25, 0.3) is 0 Å². The summed E-state index contributed by atoms with van der Waals surface area (Å²) >= 11 is 4.01. The third kappa shape index (κ3) is 2.24. The first-order valence-corrected chi connectivity index (χ1v) is 4.41. The quantitative estimate of drug-likeness (QED) is 0.589. The van der Waals surface area contributed by atoms with Crippen LogP contribution in [-0.2, 0) is 4.74 Å². The van der Waals surface area contributed by atoms with Crippen molar-refractivity contribution >= 4 is 18.6 Å². The number of nitrogens with zero attached hydrogens (tertiary/aromatic N) is 2. The molecule has 0 aromatic carbocycles. The number of carbonyl (C=O) groups is 1. The van der Waals surface area contributed by atoms with Gasteiger partial charge in [-0.05, 0) is 19.1 Å². The number of ether oxygens (including phenoxy) is 1. The first-order valence-electron chi connectivity index (χ1n) is 3.96. The van der Waals surface area contributed by atoms with Crippen molar-refractivity contribution in [2.24, 2.45) is 0 Å². The molecule has 0 radical (unpaired) electrons. The highest BCUT2D eigenvalue weighted by molar-refractivity contribution is 7.80. The summed E-state index contributed by atoms with van der Waals surface area (Å²) in [4.78, 5) is 15.4. The van der Waals surface area contributed by atoms with Gasteiger partial charge in [-0.3, -0.25) is 0 Å². The number of aromatic nitrogens is 1. The van der Waals surface area contributed by atoms with Crippen molar-refractivity contribution in [2.75, 3.05) is 6.61 Å². The zero-order valence-corrected chi connectivity index (χ0v) is 8.41. The molecular weight excluding hydrogens is 200 g/mol. The van der Waals surface area contributed by atoms with Crippen LogP contribution in [0.25, 0.3) is 0 Å². The highest BCUT2D eigenvalue weighted by Gasteiger charge is 2.10. The molecule has 0 aliphatic carbocycles. The molecule has 0 aliphatic heterocycles. The third-order valence-electron chi connectivity index (χ3n) is 1.46. The molecule has 1 aromatic rings. The van der Waals surface area contributed by atoms with Gasteiger partial charge in [0.15, 0.2) is 5.69 Å². The lowest BCUT2D eigenvalue weighted by atomic mass is 10.3. The molecule has 0 fully saturated rings. The Morgan fingerprint density at radius 3 is 3.00 bits per heavy atom. The van der Waals surface area contributed by atoms with E-state index in [1.54, 1.807) is 13.0 Å². The molecule has 1 heterocycles. The highest BCUT2D eigenvalue weighted by Crippen LogP contribution is 2.11. The standard InChI is InChI=1S/C9H8N2O2S/c1-2-13-9(12)6-3-4-8(14)7(5-10)11-6/h3-4,14H,2H2,1H3. The minimum Gasteiger partial charge on any atom is -0.461 e. The van der Waals surface area contributed by atoms with Crippen LogP contribution in [0.2, 0.25) is 0 Å². The Bertz CT molecular complexity index is 398. The van der Waals surface area contributed by atoms with Crippen LogP contribution in [0.15, 0.2) is 17.0 Å². The van der Waals surface area contributed by atoms with Gasteiger partial charge in [0, 0.05) is 4.90 Å². The number of thiol groups is 1. The SMILES string of the molecule is CCOC(=O)c1ccc(S)c(C#N)n1. The fourth-order valence-electron chi connectivity index (χ4n) is 0.853. The number of hydrogen-bond donors (Lipinski definition) is 1. The van der Waals surface area contributed by atoms with E-state index < -0.39 is 5.97 Å². The van der Waals surface area contributed by atoms with E-state index in [0.717, 1.165) is 0 Å². The average Bonchev–Trinajstić information content (AvgIpc) is 2.19. The fraction of sp³-hybridized carbons (Fsp3) is 0.222. The summed E-state index contributed by atoms with van der Waals surface area (Å²) in [6.45, 7) is 1.99. The first-order chi connectivity index (χ1) is 6.69. The van der Waals surface area contributed by atoms with Crippen LogP contribution >= 0.6 is 12.6 Å². The van der Waals surface area contributed by atoms with Crippen LogP contribution in [-0.4, -0.2) is 17.6 Å². The molecule has 1 rings (SSSR count). The van der Waals surface area contributed by atoms with E-state index in [9.17, 15) is 4.79 Å². The summed E-state index contributed by atoms with van der Waals surface area (Å²) in [5.41, 5.74) is 0.250. The number of nitriles is 1. The van der Waals surface area contributed by atoms with Gasteiger partial charge in [-0.25, -0.2) is 9.78 Å². The molecule has 0 aliphatic rings. The molecule has 0 spiro atoms. The summed E-state index contributed by atoms with van der Waals surface area (Å²) in [5.74, 6) is -0.530. The number of pyridine rings is 1. The van der Waals surface area contributed by atoms with Crippen LogP contribution in [0.3, 0.4) is 0 Å². The van der Waals surface area contributed by atoms with Crippen molar-refractivity contribution in [2.45, 2.75) is 11.8 Å². The summed E-state index contributed by atoms with van der Waals surface area (Å²) in [7, 11) is 0. The van der Waals surface area contributed by atoms with E-state index in [1.165, 1.54) is 6.07 Å². The van der Waals surface area contributed by atoms with Crippen LogP contribution in [0.1, 0.15) is 23.1 Å². The lowest BCUT2D eigenvalue weighted by Gasteiger charge is -2.01. The van der Waals surface area contributed by atoms with E-state index in [1.807, 2.05) is 6.07 Å². The zero-order chi connectivity index (χ0) is 10.6. The fourth-order valence-corrected chi connectivity index (χ4v) is 1.03. The Hall–Kier alpha value is -1.54. The molecule has 0 saturated heterocycles. The maximum Gasteiger partial charge on any atom is 0.356 e. The summed E-state index contributed by atoms with van der Waals surface area (Å²) < 4.78 is 4.73. The maximum absolute atomic E-state index is 11.2. The predicted octanol–water partition coefficient (Wildman–Crippen LogP) is 1.42. The number of hydrogen-bond acceptors (Lipinski definition) is 5. The van der Waals surface area contributed by atoms with Crippen molar-refractivity contribution in [1.29, 1.82) is 5.26 Å². The van der Waals surface area contributed by atoms with Crippen molar-refractivity contribution in [3.8, 4) is 6.07 Å². The molecule has 4 nitrogen and oxygen atoms in total. The molecule has 72 valence electrons. The maximum atomic E-state index is 11.2. The largest absolute Gasteiger partial charge is 0.461 e. The van der Waals surface area contributed by atoms with Gasteiger partial charge in [0.1, 0.15) is 11.8 Å². The molecule has 0 bridgehead atoms. The summed E-state index contributed by atoms with van der Waals surface area (Å²) in [5, 5.41) is 8.64. The lowest BCUT2D eigenvalue weighted by Crippen LogP contribution is -2.07. The molecule has 0 amide bonds. The summed E-state index contributed by atoms with van der Waals surface area (Å²) in [6.07, 6.45) is 0. The third-order valence-corrected chi connectivity index (χ3v) is 1.83. The monoisotopic (exact) mass is 208 g/mol. The Morgan fingerprint density at radius 2 is 2.43 bits per heavy atom. The van der Waals surface area contributed by atoms with Gasteiger partial charge in [-0.15, -0.1) is 12.6 Å². The van der Waals surface area contributed by atoms with Crippen molar-refractivity contribution in [1.82, 2.24) is 4.98 Å². The molecule has 1 aromatic heterocycles. The Kier molecular flexibility index (Phi) is 3.48. The molecule has 14 heavy (non-hydrogen) atoms. The summed E-state index contributed by atoms with van der Waals surface area (Å²) in [6, 6.07) is 4.85. The highest BCUT2D eigenvalue weighted by atomic mass is 32.1. The van der Waals surface area contributed by atoms with E-state index in [-0.39, 0.29) is 18.0 Å².